The van der Waals surface area contributed by atoms with Gasteiger partial charge in [0.05, 0.1) is 20.4 Å². The summed E-state index contributed by atoms with van der Waals surface area (Å²) in [7, 11) is 2.98. The summed E-state index contributed by atoms with van der Waals surface area (Å²) >= 11 is 5.67. The molecule has 0 saturated carbocycles. The lowest BCUT2D eigenvalue weighted by atomic mass is 10.1. The summed E-state index contributed by atoms with van der Waals surface area (Å²) in [6, 6.07) is 5.10. The fourth-order valence-electron chi connectivity index (χ4n) is 1.61. The van der Waals surface area contributed by atoms with Gasteiger partial charge in [0, 0.05) is 5.56 Å². The first-order chi connectivity index (χ1) is 8.67. The highest BCUT2D eigenvalue weighted by molar-refractivity contribution is 6.28. The van der Waals surface area contributed by atoms with Crippen LogP contribution in [0.15, 0.2) is 24.4 Å². The molecule has 0 amide bonds. The van der Waals surface area contributed by atoms with Gasteiger partial charge in [0.15, 0.2) is 17.3 Å². The largest absolute Gasteiger partial charge is 0.493 e. The van der Waals surface area contributed by atoms with Gasteiger partial charge < -0.3 is 9.47 Å². The second-order valence-electron chi connectivity index (χ2n) is 3.38. The molecule has 0 unspecified atom stereocenters. The predicted molar refractivity (Wildman–Crippen MR) is 65.5 cm³/mol. The Kier molecular flexibility index (Phi) is 3.62. The minimum atomic E-state index is -0.578. The van der Waals surface area contributed by atoms with Crippen molar-refractivity contribution in [1.29, 1.82) is 0 Å². The second kappa shape index (κ2) is 5.18. The summed E-state index contributed by atoms with van der Waals surface area (Å²) in [4.78, 5) is 7.44. The van der Waals surface area contributed by atoms with Crippen LogP contribution in [0.1, 0.15) is 0 Å². The highest BCUT2D eigenvalue weighted by Crippen LogP contribution is 2.37. The maximum atomic E-state index is 13.7. The minimum Gasteiger partial charge on any atom is -0.493 e. The molecule has 0 aliphatic heterocycles. The zero-order valence-electron chi connectivity index (χ0n) is 9.78. The summed E-state index contributed by atoms with van der Waals surface area (Å²) in [6.07, 6.45) is 1.02. The molecule has 1 aromatic heterocycles. The standard InChI is InChI=1S/C12H10ClFN2O2/c1-17-9-5-3-4-7(11(9)18-2)10-8(14)6-15-12(13)16-10/h3-6H,1-2H3. The maximum Gasteiger partial charge on any atom is 0.223 e. The number of methoxy groups -OCH3 is 2. The van der Waals surface area contributed by atoms with Crippen molar-refractivity contribution in [1.82, 2.24) is 9.97 Å². The second-order valence-corrected chi connectivity index (χ2v) is 3.71. The van der Waals surface area contributed by atoms with E-state index in [2.05, 4.69) is 9.97 Å². The van der Waals surface area contributed by atoms with Crippen molar-refractivity contribution >= 4 is 11.6 Å². The third-order valence-electron chi connectivity index (χ3n) is 2.37. The van der Waals surface area contributed by atoms with E-state index in [0.29, 0.717) is 17.1 Å². The molecule has 6 heteroatoms. The van der Waals surface area contributed by atoms with Gasteiger partial charge in [-0.2, -0.15) is 0 Å². The first-order valence-electron chi connectivity index (χ1n) is 5.06. The van der Waals surface area contributed by atoms with Crippen LogP contribution >= 0.6 is 11.6 Å². The Morgan fingerprint density at radius 1 is 1.22 bits per heavy atom. The molecule has 0 fully saturated rings. The van der Waals surface area contributed by atoms with Gasteiger partial charge in [-0.15, -0.1) is 0 Å². The summed E-state index contributed by atoms with van der Waals surface area (Å²) in [5.41, 5.74) is 0.532. The van der Waals surface area contributed by atoms with Crippen LogP contribution in [0, 0.1) is 5.82 Å². The molecule has 2 aromatic rings. The topological polar surface area (TPSA) is 44.2 Å². The number of para-hydroxylation sites is 1. The van der Waals surface area contributed by atoms with E-state index in [0.717, 1.165) is 6.20 Å². The van der Waals surface area contributed by atoms with Crippen molar-refractivity contribution in [3.8, 4) is 22.8 Å². The highest BCUT2D eigenvalue weighted by atomic mass is 35.5. The number of hydrogen-bond donors (Lipinski definition) is 0. The quantitative estimate of drug-likeness (QED) is 0.803. The summed E-state index contributed by atoms with van der Waals surface area (Å²) < 4.78 is 24.1. The van der Waals surface area contributed by atoms with Gasteiger partial charge in [0.2, 0.25) is 5.28 Å². The zero-order chi connectivity index (χ0) is 13.1. The molecular weight excluding hydrogens is 259 g/mol. The normalized spacial score (nSPS) is 10.2. The van der Waals surface area contributed by atoms with Crippen molar-refractivity contribution in [2.45, 2.75) is 0 Å². The molecule has 94 valence electrons. The lowest BCUT2D eigenvalue weighted by Gasteiger charge is -2.12. The molecule has 4 nitrogen and oxygen atoms in total. The Hall–Kier alpha value is -1.88. The predicted octanol–water partition coefficient (Wildman–Crippen LogP) is 2.95. The van der Waals surface area contributed by atoms with Gasteiger partial charge >= 0.3 is 0 Å². The Bertz CT molecular complexity index is 578. The Balaban J connectivity index is 2.66. The van der Waals surface area contributed by atoms with Crippen molar-refractivity contribution in [3.05, 3.63) is 35.5 Å². The number of hydrogen-bond acceptors (Lipinski definition) is 4. The third-order valence-corrected chi connectivity index (χ3v) is 2.55. The number of ether oxygens (including phenoxy) is 2. The Morgan fingerprint density at radius 3 is 2.67 bits per heavy atom. The van der Waals surface area contributed by atoms with Crippen LogP contribution in [0.5, 0.6) is 11.5 Å². The fraction of sp³-hybridized carbons (Fsp3) is 0.167. The van der Waals surface area contributed by atoms with Gasteiger partial charge in [0.1, 0.15) is 5.69 Å². The monoisotopic (exact) mass is 268 g/mol. The van der Waals surface area contributed by atoms with E-state index < -0.39 is 5.82 Å². The summed E-state index contributed by atoms with van der Waals surface area (Å²) in [6.45, 7) is 0. The summed E-state index contributed by atoms with van der Waals surface area (Å²) in [5.74, 6) is 0.309. The van der Waals surface area contributed by atoms with Crippen LogP contribution < -0.4 is 9.47 Å². The molecule has 2 rings (SSSR count). The van der Waals surface area contributed by atoms with Crippen LogP contribution in [0.4, 0.5) is 4.39 Å². The first-order valence-corrected chi connectivity index (χ1v) is 5.44. The molecule has 0 atom stereocenters. The number of rotatable bonds is 3. The van der Waals surface area contributed by atoms with Crippen LogP contribution in [0.3, 0.4) is 0 Å². The van der Waals surface area contributed by atoms with Gasteiger partial charge in [-0.3, -0.25) is 0 Å². The fourth-order valence-corrected chi connectivity index (χ4v) is 1.74. The van der Waals surface area contributed by atoms with E-state index in [9.17, 15) is 4.39 Å². The lowest BCUT2D eigenvalue weighted by molar-refractivity contribution is 0.356. The molecule has 0 radical (unpaired) electrons. The highest BCUT2D eigenvalue weighted by Gasteiger charge is 2.16. The molecule has 0 spiro atoms. The van der Waals surface area contributed by atoms with Crippen molar-refractivity contribution in [2.24, 2.45) is 0 Å². The molecule has 1 heterocycles. The Labute approximate surface area is 108 Å². The average molecular weight is 269 g/mol. The van der Waals surface area contributed by atoms with E-state index in [-0.39, 0.29) is 11.0 Å². The van der Waals surface area contributed by atoms with E-state index in [1.165, 1.54) is 14.2 Å². The van der Waals surface area contributed by atoms with Gasteiger partial charge in [-0.1, -0.05) is 6.07 Å². The number of nitrogens with zero attached hydrogens (tertiary/aromatic N) is 2. The maximum absolute atomic E-state index is 13.7. The van der Waals surface area contributed by atoms with Gasteiger partial charge in [-0.05, 0) is 23.7 Å². The van der Waals surface area contributed by atoms with Crippen LogP contribution in [0.25, 0.3) is 11.3 Å². The lowest BCUT2D eigenvalue weighted by Crippen LogP contribution is -1.97. The van der Waals surface area contributed by atoms with E-state index in [1.54, 1.807) is 18.2 Å². The molecule has 18 heavy (non-hydrogen) atoms. The van der Waals surface area contributed by atoms with Crippen LogP contribution in [-0.4, -0.2) is 24.2 Å². The first kappa shape index (κ1) is 12.6. The number of halogens is 2. The molecule has 0 N–H and O–H groups in total. The molecule has 0 bridgehead atoms. The van der Waals surface area contributed by atoms with Crippen molar-refractivity contribution in [2.75, 3.05) is 14.2 Å². The molecular formula is C12H10ClFN2O2. The number of aromatic nitrogens is 2. The molecule has 0 aliphatic carbocycles. The van der Waals surface area contributed by atoms with E-state index in [4.69, 9.17) is 21.1 Å². The SMILES string of the molecule is COc1cccc(-c2nc(Cl)ncc2F)c1OC. The zero-order valence-corrected chi connectivity index (χ0v) is 10.5. The summed E-state index contributed by atoms with van der Waals surface area (Å²) in [5, 5.41) is -0.0312. The average Bonchev–Trinajstić information content (AvgIpc) is 2.40. The molecule has 0 aliphatic rings. The van der Waals surface area contributed by atoms with Gasteiger partial charge in [-0.25, -0.2) is 14.4 Å². The van der Waals surface area contributed by atoms with Crippen LogP contribution in [0.2, 0.25) is 5.28 Å². The number of benzene rings is 1. The van der Waals surface area contributed by atoms with Crippen molar-refractivity contribution in [3.63, 3.8) is 0 Å². The Morgan fingerprint density at radius 2 is 2.00 bits per heavy atom. The third kappa shape index (κ3) is 2.22. The minimum absolute atomic E-state index is 0.0312. The van der Waals surface area contributed by atoms with Gasteiger partial charge in [0.25, 0.3) is 0 Å². The van der Waals surface area contributed by atoms with Crippen LogP contribution in [-0.2, 0) is 0 Å². The molecule has 0 saturated heterocycles. The smallest absolute Gasteiger partial charge is 0.223 e. The van der Waals surface area contributed by atoms with E-state index in [1.807, 2.05) is 0 Å². The van der Waals surface area contributed by atoms with E-state index >= 15 is 0 Å². The van der Waals surface area contributed by atoms with Crippen molar-refractivity contribution < 1.29 is 13.9 Å². The molecule has 1 aromatic carbocycles.